The van der Waals surface area contributed by atoms with Crippen LogP contribution >= 0.6 is 0 Å². The number of fused-ring (bicyclic) bond motifs is 1. The first kappa shape index (κ1) is 25.4. The molecule has 0 saturated carbocycles. The third kappa shape index (κ3) is 6.02. The van der Waals surface area contributed by atoms with Gasteiger partial charge in [0.15, 0.2) is 17.4 Å². The number of benzene rings is 1. The van der Waals surface area contributed by atoms with Crippen molar-refractivity contribution in [2.75, 3.05) is 11.9 Å². The van der Waals surface area contributed by atoms with Gasteiger partial charge in [-0.2, -0.15) is 13.2 Å². The lowest BCUT2D eigenvalue weighted by atomic mass is 10.2. The highest BCUT2D eigenvalue weighted by Crippen LogP contribution is 2.41. The minimum atomic E-state index is -4.79. The maximum absolute atomic E-state index is 14.4. The largest absolute Gasteiger partial charge is 0.465 e. The molecule has 0 unspecified atom stereocenters. The van der Waals surface area contributed by atoms with Crippen LogP contribution in [-0.2, 0) is 17.6 Å². The SMILES string of the molecule is C[Si](C)(C)CCOCn1cc(C(F)(F)F)c2c(Oc3cc(F)c(NC(=O)O)cc3F)ccnc21. The van der Waals surface area contributed by atoms with Crippen LogP contribution in [0.2, 0.25) is 25.7 Å². The molecule has 1 aromatic carbocycles. The highest BCUT2D eigenvalue weighted by molar-refractivity contribution is 6.76. The number of alkyl halides is 3. The number of nitrogens with zero attached hydrogens (tertiary/aromatic N) is 2. The van der Waals surface area contributed by atoms with Crippen molar-refractivity contribution < 1.29 is 41.3 Å². The Bertz CT molecular complexity index is 1210. The predicted octanol–water partition coefficient (Wildman–Crippen LogP) is 6.53. The highest BCUT2D eigenvalue weighted by Gasteiger charge is 2.36. The third-order valence-electron chi connectivity index (χ3n) is 4.73. The Morgan fingerprint density at radius 3 is 2.50 bits per heavy atom. The summed E-state index contributed by atoms with van der Waals surface area (Å²) in [4.78, 5) is 14.7. The van der Waals surface area contributed by atoms with Gasteiger partial charge < -0.3 is 19.1 Å². The molecule has 13 heteroatoms. The van der Waals surface area contributed by atoms with Crippen LogP contribution in [0.5, 0.6) is 11.5 Å². The quantitative estimate of drug-likeness (QED) is 0.207. The molecular weight excluding hydrogens is 481 g/mol. The van der Waals surface area contributed by atoms with E-state index in [4.69, 9.17) is 14.6 Å². The van der Waals surface area contributed by atoms with E-state index in [2.05, 4.69) is 24.6 Å². The van der Waals surface area contributed by atoms with Crippen molar-refractivity contribution >= 4 is 30.9 Å². The standard InChI is InChI=1S/C21H22F5N3O4Si/c1-34(2,3)7-6-32-11-29-10-12(21(24,25)26)18-16(4-5-27-19(18)29)33-17-9-13(22)15(8-14(17)23)28-20(30)31/h4-5,8-10,28H,6-7,11H2,1-3H3,(H,30,31). The lowest BCUT2D eigenvalue weighted by molar-refractivity contribution is -0.136. The molecule has 184 valence electrons. The molecule has 0 aliphatic rings. The normalized spacial score (nSPS) is 12.2. The first-order valence-corrected chi connectivity index (χ1v) is 13.8. The number of ether oxygens (including phenoxy) is 2. The second-order valence-corrected chi connectivity index (χ2v) is 14.3. The number of aromatic nitrogens is 2. The number of amides is 1. The van der Waals surface area contributed by atoms with E-state index < -0.39 is 60.1 Å². The fourth-order valence-electron chi connectivity index (χ4n) is 3.06. The van der Waals surface area contributed by atoms with Crippen LogP contribution in [0, 0.1) is 11.6 Å². The molecule has 3 rings (SSSR count). The molecule has 2 N–H and O–H groups in total. The van der Waals surface area contributed by atoms with Crippen LogP contribution in [0.25, 0.3) is 11.0 Å². The molecule has 2 heterocycles. The monoisotopic (exact) mass is 503 g/mol. The van der Waals surface area contributed by atoms with Gasteiger partial charge in [-0.3, -0.25) is 5.32 Å². The van der Waals surface area contributed by atoms with Gasteiger partial charge in [0.1, 0.15) is 18.1 Å². The van der Waals surface area contributed by atoms with Gasteiger partial charge in [-0.25, -0.2) is 18.6 Å². The summed E-state index contributed by atoms with van der Waals surface area (Å²) in [5.74, 6) is -3.49. The van der Waals surface area contributed by atoms with Gasteiger partial charge in [0.25, 0.3) is 0 Å². The number of carboxylic acid groups (broad SMARTS) is 1. The fourth-order valence-corrected chi connectivity index (χ4v) is 3.82. The maximum atomic E-state index is 14.4. The molecule has 1 amide bonds. The average Bonchev–Trinajstić information content (AvgIpc) is 3.08. The minimum absolute atomic E-state index is 0.108. The smallest absolute Gasteiger partial charge is 0.418 e. The summed E-state index contributed by atoms with van der Waals surface area (Å²) < 4.78 is 82.0. The molecule has 0 spiro atoms. The molecule has 7 nitrogen and oxygen atoms in total. The average molecular weight is 504 g/mol. The Kier molecular flexibility index (Phi) is 7.17. The van der Waals surface area contributed by atoms with Gasteiger partial charge in [0.2, 0.25) is 0 Å². The number of pyridine rings is 1. The first-order valence-electron chi connectivity index (χ1n) is 10.1. The van der Waals surface area contributed by atoms with Crippen molar-refractivity contribution in [1.82, 2.24) is 9.55 Å². The van der Waals surface area contributed by atoms with Gasteiger partial charge in [0.05, 0.1) is 16.6 Å². The van der Waals surface area contributed by atoms with Gasteiger partial charge in [0, 0.05) is 39.2 Å². The van der Waals surface area contributed by atoms with E-state index in [9.17, 15) is 26.7 Å². The van der Waals surface area contributed by atoms with Gasteiger partial charge in [-0.05, 0) is 12.1 Å². The molecule has 0 fully saturated rings. The molecule has 34 heavy (non-hydrogen) atoms. The Labute approximate surface area is 192 Å². The van der Waals surface area contributed by atoms with Crippen LogP contribution < -0.4 is 10.1 Å². The zero-order valence-corrected chi connectivity index (χ0v) is 19.5. The number of hydrogen-bond acceptors (Lipinski definition) is 4. The maximum Gasteiger partial charge on any atom is 0.418 e. The van der Waals surface area contributed by atoms with Crippen LogP contribution in [0.3, 0.4) is 0 Å². The molecule has 0 aliphatic heterocycles. The third-order valence-corrected chi connectivity index (χ3v) is 6.44. The molecule has 0 atom stereocenters. The lowest BCUT2D eigenvalue weighted by Gasteiger charge is -2.15. The Morgan fingerprint density at radius 1 is 1.18 bits per heavy atom. The van der Waals surface area contributed by atoms with E-state index in [-0.39, 0.29) is 12.4 Å². The van der Waals surface area contributed by atoms with Crippen LogP contribution in [-0.4, -0.2) is 35.4 Å². The highest BCUT2D eigenvalue weighted by atomic mass is 28.3. The van der Waals surface area contributed by atoms with E-state index >= 15 is 0 Å². The molecule has 0 aliphatic carbocycles. The summed E-state index contributed by atoms with van der Waals surface area (Å²) in [6.07, 6.45) is -4.41. The van der Waals surface area contributed by atoms with Gasteiger partial charge in [-0.1, -0.05) is 19.6 Å². The van der Waals surface area contributed by atoms with Gasteiger partial charge in [-0.15, -0.1) is 0 Å². The summed E-state index contributed by atoms with van der Waals surface area (Å²) in [5, 5.41) is 9.90. The van der Waals surface area contributed by atoms with E-state index in [1.165, 1.54) is 10.8 Å². The number of hydrogen-bond donors (Lipinski definition) is 2. The predicted molar refractivity (Wildman–Crippen MR) is 117 cm³/mol. The molecule has 0 saturated heterocycles. The molecular formula is C21H22F5N3O4Si. The van der Waals surface area contributed by atoms with Gasteiger partial charge >= 0.3 is 12.3 Å². The van der Waals surface area contributed by atoms with Crippen molar-refractivity contribution in [3.8, 4) is 11.5 Å². The van der Waals surface area contributed by atoms with Crippen LogP contribution in [0.4, 0.5) is 32.4 Å². The van der Waals surface area contributed by atoms with Crippen LogP contribution in [0.15, 0.2) is 30.6 Å². The first-order chi connectivity index (χ1) is 15.8. The number of rotatable bonds is 8. The minimum Gasteiger partial charge on any atom is -0.465 e. The summed E-state index contributed by atoms with van der Waals surface area (Å²) in [6.45, 7) is 6.60. The Morgan fingerprint density at radius 2 is 1.88 bits per heavy atom. The summed E-state index contributed by atoms with van der Waals surface area (Å²) in [6, 6.07) is 2.97. The van der Waals surface area contributed by atoms with E-state index in [0.717, 1.165) is 18.3 Å². The Hall–Kier alpha value is -3.19. The zero-order chi connectivity index (χ0) is 25.3. The zero-order valence-electron chi connectivity index (χ0n) is 18.5. The molecule has 2 aromatic heterocycles. The number of nitrogens with one attached hydrogen (secondary N) is 1. The summed E-state index contributed by atoms with van der Waals surface area (Å²) >= 11 is 0. The molecule has 0 bridgehead atoms. The summed E-state index contributed by atoms with van der Waals surface area (Å²) in [5.41, 5.74) is -1.86. The second kappa shape index (κ2) is 9.58. The molecule has 0 radical (unpaired) electrons. The number of halogens is 5. The van der Waals surface area contributed by atoms with E-state index in [1.807, 2.05) is 0 Å². The second-order valence-electron chi connectivity index (χ2n) is 8.66. The van der Waals surface area contributed by atoms with Crippen molar-refractivity contribution in [1.29, 1.82) is 0 Å². The Balaban J connectivity index is 1.98. The van der Waals surface area contributed by atoms with Crippen molar-refractivity contribution in [2.24, 2.45) is 0 Å². The van der Waals surface area contributed by atoms with E-state index in [1.54, 1.807) is 5.32 Å². The summed E-state index contributed by atoms with van der Waals surface area (Å²) in [7, 11) is -1.40. The lowest BCUT2D eigenvalue weighted by Crippen LogP contribution is -2.22. The van der Waals surface area contributed by atoms with Crippen molar-refractivity contribution in [3.63, 3.8) is 0 Å². The topological polar surface area (TPSA) is 85.6 Å². The van der Waals surface area contributed by atoms with Crippen molar-refractivity contribution in [2.45, 2.75) is 38.6 Å². The van der Waals surface area contributed by atoms with Crippen molar-refractivity contribution in [3.05, 3.63) is 47.8 Å². The van der Waals surface area contributed by atoms with Crippen LogP contribution in [0.1, 0.15) is 5.56 Å². The fraction of sp³-hybridized carbons (Fsp3) is 0.333. The number of anilines is 1. The number of carbonyl (C=O) groups is 1. The molecule has 3 aromatic rings. The van der Waals surface area contributed by atoms with E-state index in [0.29, 0.717) is 18.7 Å².